The van der Waals surface area contributed by atoms with Crippen LogP contribution in [0.15, 0.2) is 176 Å². The van der Waals surface area contributed by atoms with Gasteiger partial charge in [0.2, 0.25) is 0 Å². The number of para-hydroxylation sites is 4. The van der Waals surface area contributed by atoms with E-state index in [-0.39, 0.29) is 0 Å². The van der Waals surface area contributed by atoms with Gasteiger partial charge in [-0.1, -0.05) is 121 Å². The highest BCUT2D eigenvalue weighted by molar-refractivity contribution is 6.29. The third-order valence-corrected chi connectivity index (χ3v) is 10.5. The molecule has 10 aromatic rings. The van der Waals surface area contributed by atoms with Crippen LogP contribution in [0, 0.1) is 0 Å². The normalized spacial score (nSPS) is 12.0. The molecular weight excluding hydrogens is 607 g/mol. The summed E-state index contributed by atoms with van der Waals surface area (Å²) in [6, 6.07) is 63.5. The molecular formula is C47H29N3. The van der Waals surface area contributed by atoms with Gasteiger partial charge in [-0.05, 0) is 98.8 Å². The maximum atomic E-state index is 5.09. The van der Waals surface area contributed by atoms with Crippen LogP contribution in [-0.4, -0.2) is 14.1 Å². The lowest BCUT2D eigenvalue weighted by Crippen LogP contribution is -1.97. The lowest BCUT2D eigenvalue weighted by atomic mass is 9.96. The summed E-state index contributed by atoms with van der Waals surface area (Å²) in [7, 11) is 0. The number of hydrogen-bond acceptors (Lipinski definition) is 1. The van der Waals surface area contributed by atoms with Crippen molar-refractivity contribution in [1.82, 2.24) is 14.1 Å². The number of imidazole rings is 1. The largest absolute Gasteiger partial charge is 0.309 e. The van der Waals surface area contributed by atoms with Crippen LogP contribution < -0.4 is 0 Å². The zero-order valence-corrected chi connectivity index (χ0v) is 27.1. The standard InChI is InChI=1S/C47H29N3/c1-3-12-33(13-4-1)49-42-27-26-32(28-40(42)46-38-19-11-18-37-35-16-7-8-17-36(35)39(45(37)38)29-44(46)49)30-22-24-31(25-23-30)47-48-41-20-9-10-21-43(41)50(47)34-14-5-2-6-15-34/h1-29H. The Morgan fingerprint density at radius 1 is 0.340 bits per heavy atom. The molecule has 232 valence electrons. The highest BCUT2D eigenvalue weighted by atomic mass is 15.1. The first kappa shape index (κ1) is 27.3. The predicted molar refractivity (Wildman–Crippen MR) is 208 cm³/mol. The van der Waals surface area contributed by atoms with Crippen LogP contribution in [0.4, 0.5) is 0 Å². The molecule has 0 radical (unpaired) electrons. The fourth-order valence-corrected chi connectivity index (χ4v) is 8.28. The van der Waals surface area contributed by atoms with E-state index in [9.17, 15) is 0 Å². The molecule has 50 heavy (non-hydrogen) atoms. The Balaban J connectivity index is 1.12. The summed E-state index contributed by atoms with van der Waals surface area (Å²) in [6.07, 6.45) is 0. The third-order valence-electron chi connectivity index (χ3n) is 10.5. The van der Waals surface area contributed by atoms with Gasteiger partial charge in [0.05, 0.1) is 22.1 Å². The first-order valence-corrected chi connectivity index (χ1v) is 17.1. The van der Waals surface area contributed by atoms with E-state index in [1.54, 1.807) is 0 Å². The second-order valence-corrected chi connectivity index (χ2v) is 13.2. The first-order chi connectivity index (χ1) is 24.8. The lowest BCUT2D eigenvalue weighted by molar-refractivity contribution is 1.10. The maximum absolute atomic E-state index is 5.09. The molecule has 0 fully saturated rings. The molecule has 0 saturated heterocycles. The maximum Gasteiger partial charge on any atom is 0.145 e. The van der Waals surface area contributed by atoms with E-state index in [1.165, 1.54) is 71.6 Å². The third kappa shape index (κ3) is 3.83. The molecule has 0 unspecified atom stereocenters. The smallest absolute Gasteiger partial charge is 0.145 e. The van der Waals surface area contributed by atoms with E-state index in [0.717, 1.165) is 28.1 Å². The van der Waals surface area contributed by atoms with Gasteiger partial charge in [0, 0.05) is 27.7 Å². The summed E-state index contributed by atoms with van der Waals surface area (Å²) in [4.78, 5) is 5.09. The lowest BCUT2D eigenvalue weighted by Gasteiger charge is -2.11. The molecule has 2 heterocycles. The van der Waals surface area contributed by atoms with Crippen LogP contribution >= 0.6 is 0 Å². The van der Waals surface area contributed by atoms with Gasteiger partial charge in [-0.2, -0.15) is 0 Å². The molecule has 1 aliphatic carbocycles. The van der Waals surface area contributed by atoms with Gasteiger partial charge < -0.3 is 4.57 Å². The minimum Gasteiger partial charge on any atom is -0.309 e. The van der Waals surface area contributed by atoms with Gasteiger partial charge in [-0.15, -0.1) is 0 Å². The van der Waals surface area contributed by atoms with Crippen molar-refractivity contribution in [3.63, 3.8) is 0 Å². The Morgan fingerprint density at radius 2 is 0.960 bits per heavy atom. The molecule has 11 rings (SSSR count). The van der Waals surface area contributed by atoms with E-state index < -0.39 is 0 Å². The quantitative estimate of drug-likeness (QED) is 0.189. The van der Waals surface area contributed by atoms with Crippen molar-refractivity contribution in [3.05, 3.63) is 176 Å². The number of aromatic nitrogens is 3. The van der Waals surface area contributed by atoms with Crippen LogP contribution in [-0.2, 0) is 0 Å². The zero-order valence-electron chi connectivity index (χ0n) is 27.1. The molecule has 2 aromatic heterocycles. The second-order valence-electron chi connectivity index (χ2n) is 13.2. The topological polar surface area (TPSA) is 22.8 Å². The van der Waals surface area contributed by atoms with Gasteiger partial charge in [0.25, 0.3) is 0 Å². The van der Waals surface area contributed by atoms with E-state index in [0.29, 0.717) is 0 Å². The molecule has 3 nitrogen and oxygen atoms in total. The molecule has 0 bridgehead atoms. The molecule has 0 spiro atoms. The van der Waals surface area contributed by atoms with E-state index in [4.69, 9.17) is 4.98 Å². The number of rotatable bonds is 4. The molecule has 3 heteroatoms. The molecule has 0 atom stereocenters. The molecule has 0 N–H and O–H groups in total. The highest BCUT2D eigenvalue weighted by Crippen LogP contribution is 2.51. The zero-order chi connectivity index (χ0) is 32.8. The predicted octanol–water partition coefficient (Wildman–Crippen LogP) is 12.3. The van der Waals surface area contributed by atoms with Crippen molar-refractivity contribution >= 4 is 43.6 Å². The Kier molecular flexibility index (Phi) is 5.67. The van der Waals surface area contributed by atoms with Gasteiger partial charge in [-0.25, -0.2) is 4.98 Å². The number of fused-ring (bicyclic) bond motifs is 8. The summed E-state index contributed by atoms with van der Waals surface area (Å²) >= 11 is 0. The van der Waals surface area contributed by atoms with E-state index in [1.807, 2.05) is 0 Å². The van der Waals surface area contributed by atoms with Gasteiger partial charge >= 0.3 is 0 Å². The van der Waals surface area contributed by atoms with Crippen molar-refractivity contribution in [2.75, 3.05) is 0 Å². The van der Waals surface area contributed by atoms with Gasteiger partial charge in [0.1, 0.15) is 5.82 Å². The molecule has 8 aromatic carbocycles. The van der Waals surface area contributed by atoms with Crippen molar-refractivity contribution in [3.8, 4) is 56.1 Å². The fourth-order valence-electron chi connectivity index (χ4n) is 8.28. The summed E-state index contributed by atoms with van der Waals surface area (Å²) in [5, 5.41) is 5.21. The Bertz CT molecular complexity index is 2950. The Hall–Kier alpha value is -6.71. The average Bonchev–Trinajstić information content (AvgIpc) is 3.84. The van der Waals surface area contributed by atoms with Crippen molar-refractivity contribution < 1.29 is 0 Å². The van der Waals surface area contributed by atoms with Crippen LogP contribution in [0.25, 0.3) is 99.8 Å². The number of nitrogens with zero attached hydrogens (tertiary/aromatic N) is 3. The highest BCUT2D eigenvalue weighted by Gasteiger charge is 2.25. The molecule has 0 amide bonds. The minimum absolute atomic E-state index is 0.940. The van der Waals surface area contributed by atoms with Crippen LogP contribution in [0.1, 0.15) is 0 Å². The van der Waals surface area contributed by atoms with E-state index >= 15 is 0 Å². The van der Waals surface area contributed by atoms with Crippen molar-refractivity contribution in [2.45, 2.75) is 0 Å². The number of hydrogen-bond donors (Lipinski definition) is 0. The fraction of sp³-hybridized carbons (Fsp3) is 0. The summed E-state index contributed by atoms with van der Waals surface area (Å²) in [5.74, 6) is 0.940. The monoisotopic (exact) mass is 635 g/mol. The van der Waals surface area contributed by atoms with Gasteiger partial charge in [0.15, 0.2) is 0 Å². The summed E-state index contributed by atoms with van der Waals surface area (Å²) in [6.45, 7) is 0. The van der Waals surface area contributed by atoms with Crippen LogP contribution in [0.2, 0.25) is 0 Å². The minimum atomic E-state index is 0.940. The van der Waals surface area contributed by atoms with Crippen LogP contribution in [0.3, 0.4) is 0 Å². The average molecular weight is 636 g/mol. The van der Waals surface area contributed by atoms with E-state index in [2.05, 4.69) is 185 Å². The first-order valence-electron chi connectivity index (χ1n) is 17.1. The second kappa shape index (κ2) is 10.4. The Labute approximate surface area is 288 Å². The SMILES string of the molecule is c1ccc(-n2c(-c3ccc(-c4ccc5c(c4)c4c6cccc7c6c(cc4n5-c4ccccc4)-c4ccccc4-7)cc3)nc3ccccc32)cc1. The van der Waals surface area contributed by atoms with Crippen molar-refractivity contribution in [2.24, 2.45) is 0 Å². The van der Waals surface area contributed by atoms with Crippen LogP contribution in [0.5, 0.6) is 0 Å². The molecule has 0 aliphatic heterocycles. The Morgan fingerprint density at radius 3 is 1.74 bits per heavy atom. The summed E-state index contributed by atoms with van der Waals surface area (Å²) < 4.78 is 4.70. The van der Waals surface area contributed by atoms with Gasteiger partial charge in [-0.3, -0.25) is 4.57 Å². The molecule has 0 saturated carbocycles. The summed E-state index contributed by atoms with van der Waals surface area (Å²) in [5.41, 5.74) is 15.5. The molecule has 1 aliphatic rings. The van der Waals surface area contributed by atoms with Crippen molar-refractivity contribution in [1.29, 1.82) is 0 Å². The number of benzene rings is 8.